The van der Waals surface area contributed by atoms with Crippen LogP contribution in [0.2, 0.25) is 0 Å². The van der Waals surface area contributed by atoms with E-state index in [0.29, 0.717) is 22.8 Å². The minimum absolute atomic E-state index is 0.146. The van der Waals surface area contributed by atoms with Gasteiger partial charge in [-0.05, 0) is 62.0 Å². The summed E-state index contributed by atoms with van der Waals surface area (Å²) in [7, 11) is 4.47. The molecule has 0 spiro atoms. The van der Waals surface area contributed by atoms with Crippen LogP contribution in [0.3, 0.4) is 0 Å². The van der Waals surface area contributed by atoms with Crippen LogP contribution >= 0.6 is 12.2 Å². The maximum absolute atomic E-state index is 12.6. The van der Waals surface area contributed by atoms with E-state index < -0.39 is 5.91 Å². The Bertz CT molecular complexity index is 830. The largest absolute Gasteiger partial charge is 0.493 e. The van der Waals surface area contributed by atoms with Crippen molar-refractivity contribution in [2.24, 2.45) is 0 Å². The molecule has 156 valence electrons. The molecule has 0 saturated heterocycles. The molecule has 2 rings (SSSR count). The number of carbonyl (C=O) groups excluding carboxylic acids is 1. The minimum atomic E-state index is -0.404. The van der Waals surface area contributed by atoms with E-state index in [1.54, 1.807) is 12.1 Å². The first-order chi connectivity index (χ1) is 13.9. The van der Waals surface area contributed by atoms with Crippen LogP contribution in [0.5, 0.6) is 23.0 Å². The Labute approximate surface area is 176 Å². The molecular weight excluding hydrogens is 392 g/mol. The van der Waals surface area contributed by atoms with Crippen molar-refractivity contribution in [1.82, 2.24) is 5.32 Å². The molecule has 1 amide bonds. The lowest BCUT2D eigenvalue weighted by atomic mass is 10.1. The van der Waals surface area contributed by atoms with Gasteiger partial charge in [-0.3, -0.25) is 10.1 Å². The molecule has 2 aromatic carbocycles. The van der Waals surface area contributed by atoms with E-state index >= 15 is 0 Å². The number of anilines is 1. The number of thiocarbonyl (C=S) groups is 1. The van der Waals surface area contributed by atoms with E-state index in [1.165, 1.54) is 21.3 Å². The molecule has 0 aromatic heterocycles. The van der Waals surface area contributed by atoms with Gasteiger partial charge in [0.25, 0.3) is 5.91 Å². The summed E-state index contributed by atoms with van der Waals surface area (Å²) in [6, 6.07) is 10.5. The number of carbonyl (C=O) groups is 1. The molecule has 0 aliphatic heterocycles. The van der Waals surface area contributed by atoms with Crippen LogP contribution in [0, 0.1) is 0 Å². The first-order valence-corrected chi connectivity index (χ1v) is 9.51. The van der Waals surface area contributed by atoms with Crippen molar-refractivity contribution in [3.8, 4) is 23.0 Å². The average molecular weight is 419 g/mol. The van der Waals surface area contributed by atoms with Gasteiger partial charge in [0.2, 0.25) is 5.75 Å². The van der Waals surface area contributed by atoms with Gasteiger partial charge in [0.1, 0.15) is 5.75 Å². The van der Waals surface area contributed by atoms with E-state index in [0.717, 1.165) is 17.9 Å². The molecule has 0 bridgehead atoms. The third-order valence-corrected chi connectivity index (χ3v) is 4.38. The van der Waals surface area contributed by atoms with Gasteiger partial charge >= 0.3 is 0 Å². The van der Waals surface area contributed by atoms with Crippen molar-refractivity contribution in [3.63, 3.8) is 0 Å². The molecule has 0 saturated carbocycles. The van der Waals surface area contributed by atoms with Crippen LogP contribution in [0.25, 0.3) is 0 Å². The van der Waals surface area contributed by atoms with Crippen LogP contribution < -0.4 is 29.6 Å². The third-order valence-electron chi connectivity index (χ3n) is 4.18. The van der Waals surface area contributed by atoms with Gasteiger partial charge in [-0.2, -0.15) is 0 Å². The highest BCUT2D eigenvalue weighted by Gasteiger charge is 2.17. The van der Waals surface area contributed by atoms with Crippen LogP contribution in [-0.4, -0.2) is 38.5 Å². The van der Waals surface area contributed by atoms with Gasteiger partial charge < -0.3 is 24.3 Å². The summed E-state index contributed by atoms with van der Waals surface area (Å²) >= 11 is 5.24. The van der Waals surface area contributed by atoms with Crippen LogP contribution in [0.4, 0.5) is 5.69 Å². The molecule has 0 heterocycles. The average Bonchev–Trinajstić information content (AvgIpc) is 2.73. The molecule has 0 radical (unpaired) electrons. The quantitative estimate of drug-likeness (QED) is 0.627. The van der Waals surface area contributed by atoms with Crippen molar-refractivity contribution < 1.29 is 23.7 Å². The lowest BCUT2D eigenvalue weighted by Crippen LogP contribution is -2.34. The number of methoxy groups -OCH3 is 3. The second-order valence-corrected chi connectivity index (χ2v) is 6.59. The Kier molecular flexibility index (Phi) is 8.09. The van der Waals surface area contributed by atoms with E-state index in [4.69, 9.17) is 31.2 Å². The second-order valence-electron chi connectivity index (χ2n) is 6.18. The number of nitrogens with one attached hydrogen (secondary N) is 2. The molecule has 1 atom stereocenters. The Morgan fingerprint density at radius 2 is 1.62 bits per heavy atom. The van der Waals surface area contributed by atoms with Crippen molar-refractivity contribution >= 4 is 28.9 Å². The highest BCUT2D eigenvalue weighted by atomic mass is 32.1. The molecule has 2 N–H and O–H groups in total. The van der Waals surface area contributed by atoms with Crippen molar-refractivity contribution in [1.29, 1.82) is 0 Å². The molecule has 7 nitrogen and oxygen atoms in total. The maximum Gasteiger partial charge on any atom is 0.257 e. The van der Waals surface area contributed by atoms with Gasteiger partial charge in [0.05, 0.1) is 27.4 Å². The van der Waals surface area contributed by atoms with Gasteiger partial charge in [-0.15, -0.1) is 0 Å². The number of benzene rings is 2. The fraction of sp³-hybridized carbons (Fsp3) is 0.333. The smallest absolute Gasteiger partial charge is 0.257 e. The maximum atomic E-state index is 12.6. The zero-order chi connectivity index (χ0) is 21.4. The van der Waals surface area contributed by atoms with Crippen molar-refractivity contribution in [2.75, 3.05) is 26.6 Å². The first-order valence-electron chi connectivity index (χ1n) is 9.10. The summed E-state index contributed by atoms with van der Waals surface area (Å²) in [4.78, 5) is 12.6. The number of hydrogen-bond acceptors (Lipinski definition) is 6. The first kappa shape index (κ1) is 22.3. The van der Waals surface area contributed by atoms with Crippen molar-refractivity contribution in [2.45, 2.75) is 26.4 Å². The van der Waals surface area contributed by atoms with Gasteiger partial charge in [0.15, 0.2) is 16.6 Å². The summed E-state index contributed by atoms with van der Waals surface area (Å²) in [6.07, 6.45) is 1.07. The summed E-state index contributed by atoms with van der Waals surface area (Å²) < 4.78 is 21.6. The standard InChI is InChI=1S/C21H26N2O5S/c1-6-13(2)28-16-9-7-15(8-10-16)22-21(29)23-20(24)14-11-17(25-3)19(27-5)18(12-14)26-4/h7-13H,6H2,1-5H3,(H2,22,23,24,29). The fourth-order valence-corrected chi connectivity index (χ4v) is 2.69. The highest BCUT2D eigenvalue weighted by Crippen LogP contribution is 2.38. The molecule has 2 aromatic rings. The summed E-state index contributed by atoms with van der Waals surface area (Å²) in [5, 5.41) is 5.78. The van der Waals surface area contributed by atoms with E-state index in [2.05, 4.69) is 17.6 Å². The molecule has 1 unspecified atom stereocenters. The summed E-state index contributed by atoms with van der Waals surface area (Å²) in [5.41, 5.74) is 1.05. The van der Waals surface area contributed by atoms with Gasteiger partial charge in [0, 0.05) is 11.3 Å². The predicted octanol–water partition coefficient (Wildman–Crippen LogP) is 4.02. The Balaban J connectivity index is 2.04. The van der Waals surface area contributed by atoms with Crippen LogP contribution in [-0.2, 0) is 0 Å². The molecule has 8 heteroatoms. The SMILES string of the molecule is CCC(C)Oc1ccc(NC(=S)NC(=O)c2cc(OC)c(OC)c(OC)c2)cc1. The van der Waals surface area contributed by atoms with Gasteiger partial charge in [-0.1, -0.05) is 6.92 Å². The number of rotatable bonds is 8. The lowest BCUT2D eigenvalue weighted by molar-refractivity contribution is 0.0977. The lowest BCUT2D eigenvalue weighted by Gasteiger charge is -2.15. The fourth-order valence-electron chi connectivity index (χ4n) is 2.48. The monoisotopic (exact) mass is 418 g/mol. The second kappa shape index (κ2) is 10.5. The third kappa shape index (κ3) is 5.99. The van der Waals surface area contributed by atoms with Crippen LogP contribution in [0.15, 0.2) is 36.4 Å². The van der Waals surface area contributed by atoms with E-state index in [-0.39, 0.29) is 11.2 Å². The Hall–Kier alpha value is -3.00. The zero-order valence-electron chi connectivity index (χ0n) is 17.2. The van der Waals surface area contributed by atoms with E-state index in [1.807, 2.05) is 31.2 Å². The number of hydrogen-bond donors (Lipinski definition) is 2. The molecule has 0 aliphatic carbocycles. The minimum Gasteiger partial charge on any atom is -0.493 e. The summed E-state index contributed by atoms with van der Waals surface area (Å²) in [6.45, 7) is 4.08. The topological polar surface area (TPSA) is 78.1 Å². The van der Waals surface area contributed by atoms with Crippen LogP contribution in [0.1, 0.15) is 30.6 Å². The Morgan fingerprint density at radius 1 is 1.03 bits per heavy atom. The van der Waals surface area contributed by atoms with Crippen molar-refractivity contribution in [3.05, 3.63) is 42.0 Å². The van der Waals surface area contributed by atoms with E-state index in [9.17, 15) is 4.79 Å². The highest BCUT2D eigenvalue weighted by molar-refractivity contribution is 7.80. The molecule has 29 heavy (non-hydrogen) atoms. The number of amides is 1. The normalized spacial score (nSPS) is 11.2. The molecule has 0 aliphatic rings. The molecular formula is C21H26N2O5S. The predicted molar refractivity (Wildman–Crippen MR) is 117 cm³/mol. The zero-order valence-corrected chi connectivity index (χ0v) is 18.0. The molecule has 0 fully saturated rings. The number of ether oxygens (including phenoxy) is 4. The Morgan fingerprint density at radius 3 is 2.10 bits per heavy atom. The summed E-state index contributed by atoms with van der Waals surface area (Å²) in [5.74, 6) is 1.54. The van der Waals surface area contributed by atoms with Gasteiger partial charge in [-0.25, -0.2) is 0 Å².